The second kappa shape index (κ2) is 7.38. The molecule has 0 spiro atoms. The molecule has 2 aromatic rings. The highest BCUT2D eigenvalue weighted by Gasteiger charge is 2.25. The summed E-state index contributed by atoms with van der Waals surface area (Å²) < 4.78 is 0. The van der Waals surface area contributed by atoms with Crippen molar-refractivity contribution in [3.63, 3.8) is 0 Å². The summed E-state index contributed by atoms with van der Waals surface area (Å²) >= 11 is 6.06. The maximum absolute atomic E-state index is 12.6. The van der Waals surface area contributed by atoms with E-state index >= 15 is 0 Å². The topological polar surface area (TPSA) is 45.2 Å². The van der Waals surface area contributed by atoms with Crippen LogP contribution in [0.3, 0.4) is 0 Å². The number of anilines is 1. The number of fused-ring (bicyclic) bond motifs is 2. The fourth-order valence-corrected chi connectivity index (χ4v) is 2.71. The van der Waals surface area contributed by atoms with Crippen LogP contribution in [0.5, 0.6) is 0 Å². The van der Waals surface area contributed by atoms with Gasteiger partial charge in [-0.25, -0.2) is 10.4 Å². The zero-order valence-electron chi connectivity index (χ0n) is 13.1. The van der Waals surface area contributed by atoms with Gasteiger partial charge in [-0.2, -0.15) is 0 Å². The van der Waals surface area contributed by atoms with Gasteiger partial charge in [-0.05, 0) is 48.2 Å². The number of halogens is 1. The zero-order chi connectivity index (χ0) is 16.1. The number of carbonyl (C=O) groups excluding carboxylic acids is 1. The Labute approximate surface area is 136 Å². The highest BCUT2D eigenvalue weighted by Crippen LogP contribution is 2.28. The number of benzene rings is 1. The smallest absolute Gasteiger partial charge is 0.265 e. The van der Waals surface area contributed by atoms with Crippen LogP contribution in [0, 0.1) is 0 Å². The summed E-state index contributed by atoms with van der Waals surface area (Å²) in [5.74, 6) is -0.147. The summed E-state index contributed by atoms with van der Waals surface area (Å²) in [5.41, 5.74) is 6.28. The van der Waals surface area contributed by atoms with Gasteiger partial charge in [-0.3, -0.25) is 9.78 Å². The van der Waals surface area contributed by atoms with Gasteiger partial charge in [-0.15, -0.1) is 0 Å². The number of pyridine rings is 1. The average molecular weight is 318 g/mol. The predicted octanol–water partition coefficient (Wildman–Crippen LogP) is 3.64. The van der Waals surface area contributed by atoms with Crippen LogP contribution in [0.1, 0.15) is 35.5 Å². The molecule has 2 heterocycles. The molecule has 0 radical (unpaired) electrons. The first kappa shape index (κ1) is 16.5. The molecule has 4 nitrogen and oxygen atoms in total. The standard InChI is InChI=1S/C15H14ClN3O.C2H6/c1-17-19-13-7-6-12(16)9-11(13)5-4-10-3-2-8-18-14(10)15(19)20;1-2/h2-3,6-9,17H,4-5H2,1H3;1-2H3. The van der Waals surface area contributed by atoms with Crippen LogP contribution in [0.15, 0.2) is 36.5 Å². The molecule has 0 saturated heterocycles. The molecule has 0 bridgehead atoms. The van der Waals surface area contributed by atoms with Crippen molar-refractivity contribution < 1.29 is 4.79 Å². The Morgan fingerprint density at radius 3 is 2.64 bits per heavy atom. The fraction of sp³-hybridized carbons (Fsp3) is 0.294. The highest BCUT2D eigenvalue weighted by molar-refractivity contribution is 6.30. The first-order valence-corrected chi connectivity index (χ1v) is 7.82. The molecule has 5 heteroatoms. The number of nitrogens with zero attached hydrogens (tertiary/aromatic N) is 2. The maximum atomic E-state index is 12.6. The molecule has 1 aromatic carbocycles. The quantitative estimate of drug-likeness (QED) is 0.873. The second-order valence-electron chi connectivity index (χ2n) is 4.65. The van der Waals surface area contributed by atoms with E-state index in [-0.39, 0.29) is 5.91 Å². The van der Waals surface area contributed by atoms with E-state index < -0.39 is 0 Å². The van der Waals surface area contributed by atoms with Crippen LogP contribution in [-0.2, 0) is 12.8 Å². The van der Waals surface area contributed by atoms with Crippen LogP contribution in [-0.4, -0.2) is 17.9 Å². The number of hydrogen-bond acceptors (Lipinski definition) is 3. The van der Waals surface area contributed by atoms with Crippen molar-refractivity contribution in [2.75, 3.05) is 12.1 Å². The van der Waals surface area contributed by atoms with E-state index in [1.165, 1.54) is 5.01 Å². The summed E-state index contributed by atoms with van der Waals surface area (Å²) in [4.78, 5) is 16.9. The minimum atomic E-state index is -0.147. The lowest BCUT2D eigenvalue weighted by Gasteiger charge is -2.26. The summed E-state index contributed by atoms with van der Waals surface area (Å²) in [6.45, 7) is 4.00. The van der Waals surface area contributed by atoms with Gasteiger partial charge in [-0.1, -0.05) is 31.5 Å². The molecule has 1 N–H and O–H groups in total. The molecule has 0 aliphatic carbocycles. The molecule has 116 valence electrons. The molecule has 0 fully saturated rings. The second-order valence-corrected chi connectivity index (χ2v) is 5.08. The highest BCUT2D eigenvalue weighted by atomic mass is 35.5. The van der Waals surface area contributed by atoms with E-state index in [4.69, 9.17) is 11.6 Å². The predicted molar refractivity (Wildman–Crippen MR) is 90.3 cm³/mol. The normalized spacial score (nSPS) is 13.3. The molecule has 3 rings (SSSR count). The third kappa shape index (κ3) is 3.13. The zero-order valence-corrected chi connectivity index (χ0v) is 13.8. The Bertz CT molecular complexity index is 673. The minimum absolute atomic E-state index is 0.147. The number of hydrogen-bond donors (Lipinski definition) is 1. The molecule has 0 saturated carbocycles. The largest absolute Gasteiger partial charge is 0.291 e. The van der Waals surface area contributed by atoms with Gasteiger partial charge >= 0.3 is 0 Å². The number of aromatic nitrogens is 1. The van der Waals surface area contributed by atoms with Gasteiger partial charge in [0.1, 0.15) is 5.69 Å². The van der Waals surface area contributed by atoms with Crippen molar-refractivity contribution in [1.82, 2.24) is 10.4 Å². The van der Waals surface area contributed by atoms with Crippen LogP contribution in [0.2, 0.25) is 5.02 Å². The number of aryl methyl sites for hydroxylation is 2. The summed E-state index contributed by atoms with van der Waals surface area (Å²) in [7, 11) is 1.72. The number of amides is 1. The summed E-state index contributed by atoms with van der Waals surface area (Å²) in [6, 6.07) is 9.37. The molecule has 0 unspecified atom stereocenters. The number of rotatable bonds is 1. The third-order valence-corrected chi connectivity index (χ3v) is 3.70. The van der Waals surface area contributed by atoms with Crippen LogP contribution < -0.4 is 10.4 Å². The molecular formula is C17H20ClN3O. The van der Waals surface area contributed by atoms with Crippen LogP contribution in [0.25, 0.3) is 0 Å². The molecule has 1 amide bonds. The van der Waals surface area contributed by atoms with Crippen molar-refractivity contribution in [2.45, 2.75) is 26.7 Å². The number of hydrazine groups is 1. The Kier molecular flexibility index (Phi) is 5.52. The first-order chi connectivity index (χ1) is 10.7. The van der Waals surface area contributed by atoms with Crippen molar-refractivity contribution in [1.29, 1.82) is 0 Å². The van der Waals surface area contributed by atoms with Gasteiger partial charge in [0.2, 0.25) is 0 Å². The van der Waals surface area contributed by atoms with Gasteiger partial charge in [0, 0.05) is 18.3 Å². The Hall–Kier alpha value is -1.91. The van der Waals surface area contributed by atoms with E-state index in [9.17, 15) is 4.79 Å². The van der Waals surface area contributed by atoms with Gasteiger partial charge < -0.3 is 0 Å². The lowest BCUT2D eigenvalue weighted by molar-refractivity contribution is 0.0970. The molecule has 1 aliphatic heterocycles. The third-order valence-electron chi connectivity index (χ3n) is 3.47. The van der Waals surface area contributed by atoms with E-state index in [1.54, 1.807) is 19.3 Å². The molecular weight excluding hydrogens is 298 g/mol. The van der Waals surface area contributed by atoms with Crippen molar-refractivity contribution >= 4 is 23.2 Å². The molecule has 1 aliphatic rings. The monoisotopic (exact) mass is 317 g/mol. The van der Waals surface area contributed by atoms with Gasteiger partial charge in [0.15, 0.2) is 0 Å². The average Bonchev–Trinajstić information content (AvgIpc) is 2.56. The van der Waals surface area contributed by atoms with Gasteiger partial charge in [0.25, 0.3) is 5.91 Å². The van der Waals surface area contributed by atoms with Gasteiger partial charge in [0.05, 0.1) is 5.69 Å². The lowest BCUT2D eigenvalue weighted by atomic mass is 9.99. The van der Waals surface area contributed by atoms with Crippen LogP contribution >= 0.6 is 11.6 Å². The Morgan fingerprint density at radius 1 is 1.18 bits per heavy atom. The Morgan fingerprint density at radius 2 is 1.91 bits per heavy atom. The summed E-state index contributed by atoms with van der Waals surface area (Å²) in [6.07, 6.45) is 3.24. The fourth-order valence-electron chi connectivity index (χ4n) is 2.51. The molecule has 1 aromatic heterocycles. The molecule has 0 atom stereocenters. The number of nitrogens with one attached hydrogen (secondary N) is 1. The minimum Gasteiger partial charge on any atom is -0.265 e. The van der Waals surface area contributed by atoms with Crippen molar-refractivity contribution in [3.8, 4) is 0 Å². The van der Waals surface area contributed by atoms with E-state index in [0.717, 1.165) is 29.7 Å². The maximum Gasteiger partial charge on any atom is 0.291 e. The summed E-state index contributed by atoms with van der Waals surface area (Å²) in [5, 5.41) is 2.20. The van der Waals surface area contributed by atoms with Crippen molar-refractivity contribution in [2.24, 2.45) is 0 Å². The van der Waals surface area contributed by atoms with Crippen molar-refractivity contribution in [3.05, 3.63) is 58.4 Å². The SMILES string of the molecule is CC.CNN1C(=O)c2ncccc2CCc2cc(Cl)ccc21. The lowest BCUT2D eigenvalue weighted by Crippen LogP contribution is -2.42. The Balaban J connectivity index is 0.000000847. The van der Waals surface area contributed by atoms with Crippen LogP contribution in [0.4, 0.5) is 5.69 Å². The molecule has 22 heavy (non-hydrogen) atoms. The van der Waals surface area contributed by atoms with E-state index in [2.05, 4.69) is 10.4 Å². The van der Waals surface area contributed by atoms with E-state index in [1.807, 2.05) is 38.1 Å². The first-order valence-electron chi connectivity index (χ1n) is 7.45. The number of carbonyl (C=O) groups is 1. The van der Waals surface area contributed by atoms with E-state index in [0.29, 0.717) is 10.7 Å².